The minimum atomic E-state index is -1.95. The highest BCUT2D eigenvalue weighted by molar-refractivity contribution is 5.89. The number of aromatic hydroxyl groups is 1. The highest BCUT2D eigenvalue weighted by Gasteiger charge is 2.54. The number of aromatic nitrogens is 1. The van der Waals surface area contributed by atoms with Crippen LogP contribution in [0.1, 0.15) is 54.0 Å². The number of nitrogens with one attached hydrogen (secondary N) is 2. The fourth-order valence-corrected chi connectivity index (χ4v) is 8.84. The van der Waals surface area contributed by atoms with Crippen LogP contribution < -0.4 is 20.3 Å². The predicted octanol–water partition coefficient (Wildman–Crippen LogP) is 5.51. The maximum atomic E-state index is 13.9. The largest absolute Gasteiger partial charge is 0.506 e. The van der Waals surface area contributed by atoms with Crippen LogP contribution in [0.15, 0.2) is 102 Å². The molecule has 11 nitrogen and oxygen atoms in total. The first kappa shape index (κ1) is 35.8. The van der Waals surface area contributed by atoms with Crippen LogP contribution in [0.2, 0.25) is 0 Å². The molecule has 2 heterocycles. The van der Waals surface area contributed by atoms with Crippen LogP contribution in [0, 0.1) is 11.8 Å². The van der Waals surface area contributed by atoms with E-state index < -0.39 is 17.7 Å². The third kappa shape index (κ3) is 6.73. The fraction of sp³-hybridized carbons (Fsp3) is 0.349. The number of phenolic OH excluding ortho intramolecular Hbond substituents is 1. The Kier molecular flexibility index (Phi) is 9.89. The van der Waals surface area contributed by atoms with Gasteiger partial charge in [0.05, 0.1) is 18.2 Å². The Morgan fingerprint density at radius 1 is 0.981 bits per heavy atom. The van der Waals surface area contributed by atoms with Gasteiger partial charge in [-0.15, -0.1) is 0 Å². The van der Waals surface area contributed by atoms with Gasteiger partial charge in [-0.2, -0.15) is 0 Å². The minimum absolute atomic E-state index is 0.0396. The summed E-state index contributed by atoms with van der Waals surface area (Å²) in [5.74, 6) is 1.62. The summed E-state index contributed by atoms with van der Waals surface area (Å²) in [7, 11) is 2.14. The van der Waals surface area contributed by atoms with E-state index in [1.165, 1.54) is 12.1 Å². The summed E-state index contributed by atoms with van der Waals surface area (Å²) in [5.41, 5.74) is 0.498. The Morgan fingerprint density at radius 3 is 2.44 bits per heavy atom. The van der Waals surface area contributed by atoms with Crippen molar-refractivity contribution < 1.29 is 34.3 Å². The first-order valence-corrected chi connectivity index (χ1v) is 18.7. The van der Waals surface area contributed by atoms with Crippen LogP contribution in [0.25, 0.3) is 10.9 Å². The molecule has 4 aromatic carbocycles. The van der Waals surface area contributed by atoms with Gasteiger partial charge in [0.2, 0.25) is 11.2 Å². The normalized spacial score (nSPS) is 21.3. The van der Waals surface area contributed by atoms with Crippen molar-refractivity contribution >= 4 is 16.9 Å². The maximum Gasteiger partial charge on any atom is 0.348 e. The number of ether oxygens (including phenoxy) is 3. The summed E-state index contributed by atoms with van der Waals surface area (Å²) in [6.45, 7) is 2.24. The van der Waals surface area contributed by atoms with Gasteiger partial charge in [-0.3, -0.25) is 4.79 Å². The van der Waals surface area contributed by atoms with Crippen LogP contribution in [0.4, 0.5) is 0 Å². The van der Waals surface area contributed by atoms with Crippen molar-refractivity contribution in [3.05, 3.63) is 130 Å². The van der Waals surface area contributed by atoms with Crippen molar-refractivity contribution in [1.29, 1.82) is 0 Å². The topological polar surface area (TPSA) is 154 Å². The van der Waals surface area contributed by atoms with Gasteiger partial charge in [-0.25, -0.2) is 4.79 Å². The lowest BCUT2D eigenvalue weighted by Crippen LogP contribution is -2.44. The fourth-order valence-electron chi connectivity index (χ4n) is 8.84. The summed E-state index contributed by atoms with van der Waals surface area (Å²) in [4.78, 5) is 30.6. The molecule has 2 fully saturated rings. The average molecular weight is 732 g/mol. The van der Waals surface area contributed by atoms with Gasteiger partial charge in [0, 0.05) is 54.2 Å². The average Bonchev–Trinajstić information content (AvgIpc) is 3.75. The Bertz CT molecular complexity index is 2160. The standard InChI is InChI=1S/C43H45N3O8/c1-46(21-6-22-52-28-14-11-26(12-15-28)24-44-25-35(48)29-17-19-34(47)40-30(29)18-20-39(49)45-40)41-27-13-16-31(41)38(23-27)54-42(50)43(51)32-7-2-4-9-36(32)53-37-10-5-3-8-33(37)43/h2-5,7-12,14-15,17-20,27,31,35,38,41,44,47-48,51H,6,13,16,21-25H2,1H3,(H,45,49)/t27?,31?,35-,38?,41?/m0/s1. The molecule has 1 aliphatic heterocycles. The molecule has 0 spiro atoms. The van der Waals surface area contributed by atoms with E-state index in [4.69, 9.17) is 14.2 Å². The Morgan fingerprint density at radius 2 is 1.70 bits per heavy atom. The highest BCUT2D eigenvalue weighted by atomic mass is 16.6. The van der Waals surface area contributed by atoms with Crippen molar-refractivity contribution in [2.75, 3.05) is 26.7 Å². The zero-order valence-corrected chi connectivity index (χ0v) is 30.1. The number of hydrogen-bond donors (Lipinski definition) is 5. The van der Waals surface area contributed by atoms with Crippen molar-refractivity contribution in [1.82, 2.24) is 15.2 Å². The third-order valence-corrected chi connectivity index (χ3v) is 11.4. The Hall–Kier alpha value is -5.20. The molecule has 5 aromatic rings. The molecule has 0 radical (unpaired) electrons. The molecule has 0 amide bonds. The molecule has 280 valence electrons. The van der Waals surface area contributed by atoms with Crippen molar-refractivity contribution in [3.8, 4) is 23.0 Å². The van der Waals surface area contributed by atoms with Gasteiger partial charge in [0.25, 0.3) is 0 Å². The van der Waals surface area contributed by atoms with Crippen molar-refractivity contribution in [2.45, 2.75) is 56.1 Å². The molecule has 2 bridgehead atoms. The molecule has 2 aliphatic carbocycles. The van der Waals surface area contributed by atoms with Crippen LogP contribution in [-0.2, 0) is 21.7 Å². The molecular weight excluding hydrogens is 686 g/mol. The number of aliphatic hydroxyl groups is 2. The van der Waals surface area contributed by atoms with E-state index in [2.05, 4.69) is 22.2 Å². The van der Waals surface area contributed by atoms with Crippen LogP contribution in [-0.4, -0.2) is 70.1 Å². The van der Waals surface area contributed by atoms with Gasteiger partial charge in [-0.05, 0) is 86.2 Å². The van der Waals surface area contributed by atoms with Crippen molar-refractivity contribution in [3.63, 3.8) is 0 Å². The molecule has 54 heavy (non-hydrogen) atoms. The molecule has 11 heteroatoms. The number of H-pyrrole nitrogens is 1. The molecule has 0 saturated heterocycles. The number of benzene rings is 4. The second-order valence-electron chi connectivity index (χ2n) is 14.7. The number of nitrogens with zero attached hydrogens (tertiary/aromatic N) is 1. The molecule has 5 atom stereocenters. The number of pyridine rings is 1. The summed E-state index contributed by atoms with van der Waals surface area (Å²) < 4.78 is 18.3. The number of rotatable bonds is 13. The minimum Gasteiger partial charge on any atom is -0.506 e. The molecule has 5 N–H and O–H groups in total. The molecule has 4 unspecified atom stereocenters. The predicted molar refractivity (Wildman–Crippen MR) is 203 cm³/mol. The zero-order chi connectivity index (χ0) is 37.4. The Balaban J connectivity index is 0.801. The van der Waals surface area contributed by atoms with E-state index >= 15 is 0 Å². The second kappa shape index (κ2) is 14.9. The van der Waals surface area contributed by atoms with Crippen LogP contribution in [0.5, 0.6) is 23.0 Å². The highest BCUT2D eigenvalue weighted by Crippen LogP contribution is 2.51. The van der Waals surface area contributed by atoms with Crippen molar-refractivity contribution in [2.24, 2.45) is 11.8 Å². The molecule has 8 rings (SSSR count). The van der Waals surface area contributed by atoms with Gasteiger partial charge in [0.15, 0.2) is 0 Å². The Labute approximate surface area is 313 Å². The number of aromatic amines is 1. The quantitative estimate of drug-likeness (QED) is 0.0774. The summed E-state index contributed by atoms with van der Waals surface area (Å²) in [6.07, 6.45) is 2.62. The van der Waals surface area contributed by atoms with E-state index in [0.29, 0.717) is 64.2 Å². The zero-order valence-electron chi connectivity index (χ0n) is 30.1. The van der Waals surface area contributed by atoms with E-state index in [0.717, 1.165) is 43.5 Å². The third-order valence-electron chi connectivity index (χ3n) is 11.4. The number of hydrogen-bond acceptors (Lipinski definition) is 10. The van der Waals surface area contributed by atoms with E-state index in [9.17, 15) is 24.9 Å². The number of carbonyl (C=O) groups excluding carboxylic acids is 1. The summed E-state index contributed by atoms with van der Waals surface area (Å²) >= 11 is 0. The first-order chi connectivity index (χ1) is 26.2. The van der Waals surface area contributed by atoms with E-state index in [1.54, 1.807) is 48.5 Å². The van der Waals surface area contributed by atoms with Crippen LogP contribution >= 0.6 is 0 Å². The molecule has 2 saturated carbocycles. The SMILES string of the molecule is CN(CCCOc1ccc(CNC[C@H](O)c2ccc(O)c3[nH]c(=O)ccc23)cc1)C1C2CCC1C(OC(=O)C1(O)c3ccccc3Oc3ccccc31)C2. The molecule has 3 aliphatic rings. The number of esters is 1. The first-order valence-electron chi connectivity index (χ1n) is 18.7. The lowest BCUT2D eigenvalue weighted by molar-refractivity contribution is -0.171. The van der Waals surface area contributed by atoms with Gasteiger partial charge in [0.1, 0.15) is 29.1 Å². The number of phenols is 1. The van der Waals surface area contributed by atoms with Gasteiger partial charge < -0.3 is 44.7 Å². The maximum absolute atomic E-state index is 13.9. The van der Waals surface area contributed by atoms with Gasteiger partial charge in [-0.1, -0.05) is 54.6 Å². The monoisotopic (exact) mass is 731 g/mol. The van der Waals surface area contributed by atoms with Gasteiger partial charge >= 0.3 is 5.97 Å². The van der Waals surface area contributed by atoms with Crippen LogP contribution in [0.3, 0.4) is 0 Å². The lowest BCUT2D eigenvalue weighted by Gasteiger charge is -2.35. The summed E-state index contributed by atoms with van der Waals surface area (Å²) in [5, 5.41) is 36.9. The number of para-hydroxylation sites is 2. The summed E-state index contributed by atoms with van der Waals surface area (Å²) in [6, 6.07) is 28.5. The molecule has 1 aromatic heterocycles. The smallest absolute Gasteiger partial charge is 0.348 e. The van der Waals surface area contributed by atoms with E-state index in [1.807, 2.05) is 36.4 Å². The number of aliphatic hydroxyl groups excluding tert-OH is 1. The number of carbonyl (C=O) groups is 1. The number of fused-ring (bicyclic) bond motifs is 5. The van der Waals surface area contributed by atoms with E-state index in [-0.39, 0.29) is 29.9 Å². The lowest BCUT2D eigenvalue weighted by atomic mass is 9.83. The molecular formula is C43H45N3O8. The second-order valence-corrected chi connectivity index (χ2v) is 14.7.